The number of carbonyl (C=O) groups excluding carboxylic acids is 2. The number of unbranched alkanes of at least 4 members (excludes halogenated alkanes) is 4. The molecular weight excluding hydrogens is 322 g/mol. The van der Waals surface area contributed by atoms with E-state index in [1.54, 1.807) is 0 Å². The third-order valence-electron chi connectivity index (χ3n) is 2.37. The van der Waals surface area contributed by atoms with Crippen molar-refractivity contribution in [2.24, 2.45) is 0 Å². The van der Waals surface area contributed by atoms with Gasteiger partial charge in [0.2, 0.25) is 0 Å². The van der Waals surface area contributed by atoms with Crippen molar-refractivity contribution in [1.82, 2.24) is 0 Å². The van der Waals surface area contributed by atoms with E-state index in [9.17, 15) is 9.59 Å². The smallest absolute Gasteiger partial charge is 0.466 e. The normalized spacial score (nSPS) is 8.95. The molecule has 0 aromatic heterocycles. The molecule has 0 atom stereocenters. The summed E-state index contributed by atoms with van der Waals surface area (Å²) in [5.74, 6) is -0.174. The fourth-order valence-electron chi connectivity index (χ4n) is 1.36. The standard InChI is InChI=1S/2C8H15O2.Zn/c2*1-3-5-6-7-8(9)10-4-2;/h2*1,3-7H2,2H3;/q2*-1;+2. The van der Waals surface area contributed by atoms with Gasteiger partial charge in [-0.3, -0.25) is 9.59 Å². The van der Waals surface area contributed by atoms with Crippen molar-refractivity contribution >= 4 is 11.9 Å². The predicted octanol–water partition coefficient (Wildman–Crippen LogP) is 3.89. The minimum Gasteiger partial charge on any atom is -0.466 e. The van der Waals surface area contributed by atoms with E-state index in [0.717, 1.165) is 38.5 Å². The molecule has 0 heterocycles. The van der Waals surface area contributed by atoms with E-state index in [1.807, 2.05) is 13.8 Å². The van der Waals surface area contributed by atoms with Crippen LogP contribution in [0.3, 0.4) is 0 Å². The monoisotopic (exact) mass is 350 g/mol. The van der Waals surface area contributed by atoms with E-state index >= 15 is 0 Å². The van der Waals surface area contributed by atoms with Crippen LogP contribution in [0.4, 0.5) is 0 Å². The van der Waals surface area contributed by atoms with Gasteiger partial charge in [0.05, 0.1) is 13.2 Å². The second kappa shape index (κ2) is 21.9. The Bertz CT molecular complexity index is 208. The maximum Gasteiger partial charge on any atom is 2.00 e. The van der Waals surface area contributed by atoms with Crippen LogP contribution in [0.5, 0.6) is 0 Å². The number of rotatable bonds is 10. The summed E-state index contributed by atoms with van der Waals surface area (Å²) in [5, 5.41) is 0. The molecule has 0 rings (SSSR count). The molecule has 0 spiro atoms. The van der Waals surface area contributed by atoms with Crippen LogP contribution < -0.4 is 0 Å². The molecule has 0 aromatic rings. The average Bonchev–Trinajstić information content (AvgIpc) is 2.41. The first kappa shape index (κ1) is 25.5. The second-order valence-electron chi connectivity index (χ2n) is 4.23. The van der Waals surface area contributed by atoms with E-state index < -0.39 is 0 Å². The Balaban J connectivity index is -0.000000295. The minimum atomic E-state index is -0.0871. The van der Waals surface area contributed by atoms with Crippen LogP contribution in [0.15, 0.2) is 0 Å². The van der Waals surface area contributed by atoms with Gasteiger partial charge in [-0.25, -0.2) is 0 Å². The van der Waals surface area contributed by atoms with E-state index in [-0.39, 0.29) is 31.4 Å². The molecule has 21 heavy (non-hydrogen) atoms. The molecule has 0 aliphatic carbocycles. The van der Waals surface area contributed by atoms with Crippen LogP contribution in [-0.2, 0) is 38.5 Å². The Morgan fingerprint density at radius 1 is 0.762 bits per heavy atom. The third kappa shape index (κ3) is 24.9. The third-order valence-corrected chi connectivity index (χ3v) is 2.37. The van der Waals surface area contributed by atoms with Gasteiger partial charge in [-0.05, 0) is 26.7 Å². The molecule has 120 valence electrons. The van der Waals surface area contributed by atoms with Gasteiger partial charge in [0.15, 0.2) is 0 Å². The Morgan fingerprint density at radius 2 is 1.10 bits per heavy atom. The topological polar surface area (TPSA) is 52.6 Å². The fraction of sp³-hybridized carbons (Fsp3) is 0.750. The molecule has 0 fully saturated rings. The Kier molecular flexibility index (Phi) is 26.6. The molecular formula is C16H30O4Zn. The molecule has 0 aliphatic heterocycles. The quantitative estimate of drug-likeness (QED) is 0.259. The van der Waals surface area contributed by atoms with E-state index in [0.29, 0.717) is 26.1 Å². The SMILES string of the molecule is [CH2-]CCCCC(=O)OCC.[CH2-]CCCCC(=O)OCC.[Zn+2]. The van der Waals surface area contributed by atoms with Gasteiger partial charge in [-0.2, -0.15) is 12.8 Å². The summed E-state index contributed by atoms with van der Waals surface area (Å²) in [6.45, 7) is 12.0. The van der Waals surface area contributed by atoms with Crippen LogP contribution in [-0.4, -0.2) is 25.2 Å². The Hall–Kier alpha value is -0.437. The first-order valence-electron chi connectivity index (χ1n) is 7.52. The van der Waals surface area contributed by atoms with Crippen LogP contribution >= 0.6 is 0 Å². The zero-order valence-corrected chi connectivity index (χ0v) is 16.8. The molecule has 0 bridgehead atoms. The van der Waals surface area contributed by atoms with E-state index in [1.165, 1.54) is 0 Å². The first-order valence-corrected chi connectivity index (χ1v) is 7.52. The summed E-state index contributed by atoms with van der Waals surface area (Å²) in [6.07, 6.45) is 6.73. The van der Waals surface area contributed by atoms with Crippen LogP contribution in [0, 0.1) is 13.8 Å². The zero-order chi connectivity index (χ0) is 15.6. The van der Waals surface area contributed by atoms with Gasteiger partial charge < -0.3 is 23.3 Å². The molecule has 0 unspecified atom stereocenters. The van der Waals surface area contributed by atoms with Crippen molar-refractivity contribution in [3.05, 3.63) is 13.8 Å². The number of hydrogen-bond donors (Lipinski definition) is 0. The van der Waals surface area contributed by atoms with Gasteiger partial charge in [0.1, 0.15) is 0 Å². The maximum absolute atomic E-state index is 10.7. The van der Waals surface area contributed by atoms with Crippen LogP contribution in [0.1, 0.15) is 65.2 Å². The summed E-state index contributed by atoms with van der Waals surface area (Å²) < 4.78 is 9.46. The van der Waals surface area contributed by atoms with Gasteiger partial charge in [-0.15, -0.1) is 0 Å². The van der Waals surface area contributed by atoms with Crippen molar-refractivity contribution in [2.75, 3.05) is 13.2 Å². The number of esters is 2. The largest absolute Gasteiger partial charge is 2.00 e. The predicted molar refractivity (Wildman–Crippen MR) is 80.9 cm³/mol. The first-order chi connectivity index (χ1) is 9.62. The average molecular weight is 352 g/mol. The molecule has 0 radical (unpaired) electrons. The second-order valence-corrected chi connectivity index (χ2v) is 4.23. The van der Waals surface area contributed by atoms with Crippen molar-refractivity contribution in [2.45, 2.75) is 65.2 Å². The summed E-state index contributed by atoms with van der Waals surface area (Å²) in [6, 6.07) is 0. The summed E-state index contributed by atoms with van der Waals surface area (Å²) in [7, 11) is 0. The van der Waals surface area contributed by atoms with E-state index in [2.05, 4.69) is 13.8 Å². The van der Waals surface area contributed by atoms with Crippen molar-refractivity contribution in [3.8, 4) is 0 Å². The van der Waals surface area contributed by atoms with Crippen LogP contribution in [0.2, 0.25) is 0 Å². The molecule has 0 amide bonds. The fourth-order valence-corrected chi connectivity index (χ4v) is 1.36. The van der Waals surface area contributed by atoms with Gasteiger partial charge in [0.25, 0.3) is 0 Å². The van der Waals surface area contributed by atoms with Gasteiger partial charge in [0, 0.05) is 12.8 Å². The minimum absolute atomic E-state index is 0. The Morgan fingerprint density at radius 3 is 1.33 bits per heavy atom. The summed E-state index contributed by atoms with van der Waals surface area (Å²) in [4.78, 5) is 21.4. The van der Waals surface area contributed by atoms with Crippen molar-refractivity contribution in [1.29, 1.82) is 0 Å². The number of hydrogen-bond acceptors (Lipinski definition) is 4. The van der Waals surface area contributed by atoms with Crippen LogP contribution in [0.25, 0.3) is 0 Å². The molecule has 4 nitrogen and oxygen atoms in total. The summed E-state index contributed by atoms with van der Waals surface area (Å²) in [5.41, 5.74) is 0. The van der Waals surface area contributed by atoms with Gasteiger partial charge in [-0.1, -0.05) is 12.8 Å². The summed E-state index contributed by atoms with van der Waals surface area (Å²) >= 11 is 0. The zero-order valence-electron chi connectivity index (χ0n) is 13.8. The molecule has 0 aromatic carbocycles. The number of ether oxygens (including phenoxy) is 2. The van der Waals surface area contributed by atoms with E-state index in [4.69, 9.17) is 9.47 Å². The van der Waals surface area contributed by atoms with Gasteiger partial charge >= 0.3 is 31.4 Å². The molecule has 0 aliphatic rings. The van der Waals surface area contributed by atoms with Crippen molar-refractivity contribution in [3.63, 3.8) is 0 Å². The maximum atomic E-state index is 10.7. The Labute approximate surface area is 143 Å². The molecule has 0 N–H and O–H groups in total. The molecule has 0 saturated carbocycles. The molecule has 5 heteroatoms. The molecule has 0 saturated heterocycles. The number of carbonyl (C=O) groups is 2. The van der Waals surface area contributed by atoms with Crippen molar-refractivity contribution < 1.29 is 38.5 Å².